The second kappa shape index (κ2) is 7.82. The smallest absolute Gasteiger partial charge is 0.336 e. The minimum atomic E-state index is -0.474. The van der Waals surface area contributed by atoms with Crippen LogP contribution in [0.15, 0.2) is 24.3 Å². The zero-order chi connectivity index (χ0) is 16.8. The molecule has 6 nitrogen and oxygen atoms in total. The molecule has 0 bridgehead atoms. The van der Waals surface area contributed by atoms with Gasteiger partial charge in [-0.1, -0.05) is 26.0 Å². The number of halogens is 1. The molecule has 0 aliphatic heterocycles. The number of hydrogen-bond acceptors (Lipinski definition) is 5. The predicted molar refractivity (Wildman–Crippen MR) is 82.9 cm³/mol. The minimum Gasteiger partial charge on any atom is -0.460 e. The van der Waals surface area contributed by atoms with Gasteiger partial charge in [0.15, 0.2) is 5.82 Å². The van der Waals surface area contributed by atoms with Crippen molar-refractivity contribution >= 4 is 5.91 Å². The average Bonchev–Trinajstić information content (AvgIpc) is 2.95. The van der Waals surface area contributed by atoms with Crippen LogP contribution in [-0.4, -0.2) is 40.5 Å². The van der Waals surface area contributed by atoms with E-state index in [1.54, 1.807) is 32.0 Å². The summed E-state index contributed by atoms with van der Waals surface area (Å²) in [6.07, 6.45) is 0. The Morgan fingerprint density at radius 1 is 1.30 bits per heavy atom. The summed E-state index contributed by atoms with van der Waals surface area (Å²) in [5.74, 6) is -0.930. The first-order chi connectivity index (χ1) is 11.0. The first-order valence-electron chi connectivity index (χ1n) is 7.51. The summed E-state index contributed by atoms with van der Waals surface area (Å²) in [4.78, 5) is 16.5. The van der Waals surface area contributed by atoms with Gasteiger partial charge in [-0.25, -0.2) is 4.39 Å². The van der Waals surface area contributed by atoms with Crippen LogP contribution in [-0.2, 0) is 4.74 Å². The molecule has 0 amide bonds. The predicted octanol–water partition coefficient (Wildman–Crippen LogP) is 2.80. The SMILES string of the molecule is CCOCCOc1nc(-c2ccccc2F)n(C(=O)C(C)C)n1. The van der Waals surface area contributed by atoms with Crippen LogP contribution in [0.4, 0.5) is 4.39 Å². The fraction of sp³-hybridized carbons (Fsp3) is 0.438. The fourth-order valence-corrected chi connectivity index (χ4v) is 1.91. The van der Waals surface area contributed by atoms with E-state index in [9.17, 15) is 9.18 Å². The standard InChI is InChI=1S/C16H20FN3O3/c1-4-22-9-10-23-16-18-14(12-7-5-6-8-13(12)17)20(19-16)15(21)11(2)3/h5-8,11H,4,9-10H2,1-3H3. The second-order valence-corrected chi connectivity index (χ2v) is 5.15. The van der Waals surface area contributed by atoms with Crippen molar-refractivity contribution in [2.75, 3.05) is 19.8 Å². The van der Waals surface area contributed by atoms with Crippen LogP contribution in [0, 0.1) is 11.7 Å². The molecule has 0 radical (unpaired) electrons. The zero-order valence-corrected chi connectivity index (χ0v) is 13.5. The van der Waals surface area contributed by atoms with Gasteiger partial charge in [-0.15, -0.1) is 5.10 Å². The van der Waals surface area contributed by atoms with E-state index in [4.69, 9.17) is 9.47 Å². The van der Waals surface area contributed by atoms with Crippen LogP contribution in [0.25, 0.3) is 11.4 Å². The van der Waals surface area contributed by atoms with Crippen molar-refractivity contribution in [1.29, 1.82) is 0 Å². The molecule has 0 N–H and O–H groups in total. The summed E-state index contributed by atoms with van der Waals surface area (Å²) in [7, 11) is 0. The zero-order valence-electron chi connectivity index (χ0n) is 13.5. The third-order valence-corrected chi connectivity index (χ3v) is 3.07. The van der Waals surface area contributed by atoms with Gasteiger partial charge in [0.05, 0.1) is 12.2 Å². The lowest BCUT2D eigenvalue weighted by Crippen LogP contribution is -2.19. The van der Waals surface area contributed by atoms with Crippen molar-refractivity contribution < 1.29 is 18.7 Å². The number of ether oxygens (including phenoxy) is 2. The van der Waals surface area contributed by atoms with Crippen LogP contribution in [0.1, 0.15) is 25.6 Å². The van der Waals surface area contributed by atoms with Gasteiger partial charge in [0.25, 0.3) is 5.91 Å². The highest BCUT2D eigenvalue weighted by Gasteiger charge is 2.22. The number of benzene rings is 1. The van der Waals surface area contributed by atoms with Gasteiger partial charge in [-0.2, -0.15) is 9.67 Å². The van der Waals surface area contributed by atoms with Crippen molar-refractivity contribution in [3.8, 4) is 17.4 Å². The summed E-state index contributed by atoms with van der Waals surface area (Å²) in [5, 5.41) is 4.06. The maximum atomic E-state index is 14.0. The Labute approximate surface area is 134 Å². The third kappa shape index (κ3) is 4.13. The van der Waals surface area contributed by atoms with Gasteiger partial charge in [0.2, 0.25) is 0 Å². The third-order valence-electron chi connectivity index (χ3n) is 3.07. The first kappa shape index (κ1) is 17.1. The van der Waals surface area contributed by atoms with E-state index in [1.807, 2.05) is 6.92 Å². The van der Waals surface area contributed by atoms with Crippen molar-refractivity contribution in [2.24, 2.45) is 5.92 Å². The molecule has 2 aromatic rings. The van der Waals surface area contributed by atoms with E-state index >= 15 is 0 Å². The maximum absolute atomic E-state index is 14.0. The van der Waals surface area contributed by atoms with Gasteiger partial charge < -0.3 is 9.47 Å². The van der Waals surface area contributed by atoms with E-state index in [0.29, 0.717) is 13.2 Å². The van der Waals surface area contributed by atoms with Gasteiger partial charge >= 0.3 is 6.01 Å². The number of carbonyl (C=O) groups excluding carboxylic acids is 1. The van der Waals surface area contributed by atoms with Crippen molar-refractivity contribution in [2.45, 2.75) is 20.8 Å². The Balaban J connectivity index is 2.33. The van der Waals surface area contributed by atoms with Crippen LogP contribution in [0.2, 0.25) is 0 Å². The molecule has 0 aliphatic carbocycles. The topological polar surface area (TPSA) is 66.2 Å². The molecule has 7 heteroatoms. The molecule has 0 unspecified atom stereocenters. The highest BCUT2D eigenvalue weighted by molar-refractivity contribution is 5.83. The highest BCUT2D eigenvalue weighted by atomic mass is 19.1. The Kier molecular flexibility index (Phi) is 5.81. The number of aromatic nitrogens is 3. The van der Waals surface area contributed by atoms with Crippen LogP contribution < -0.4 is 4.74 Å². The Bertz CT molecular complexity index is 670. The van der Waals surface area contributed by atoms with Crippen LogP contribution in [0.5, 0.6) is 6.01 Å². The second-order valence-electron chi connectivity index (χ2n) is 5.15. The van der Waals surface area contributed by atoms with Gasteiger partial charge in [-0.3, -0.25) is 4.79 Å². The lowest BCUT2D eigenvalue weighted by molar-refractivity contribution is 0.0834. The maximum Gasteiger partial charge on any atom is 0.336 e. The lowest BCUT2D eigenvalue weighted by Gasteiger charge is -2.07. The molecule has 0 aliphatic rings. The molecule has 1 heterocycles. The van der Waals surface area contributed by atoms with E-state index in [2.05, 4.69) is 10.1 Å². The van der Waals surface area contributed by atoms with Gasteiger partial charge in [0.1, 0.15) is 12.4 Å². The highest BCUT2D eigenvalue weighted by Crippen LogP contribution is 2.23. The minimum absolute atomic E-state index is 0.0250. The average molecular weight is 321 g/mol. The molecule has 1 aromatic carbocycles. The molecule has 0 saturated carbocycles. The summed E-state index contributed by atoms with van der Waals surface area (Å²) in [5.41, 5.74) is 0.202. The number of carbonyl (C=O) groups is 1. The van der Waals surface area contributed by atoms with Gasteiger partial charge in [0, 0.05) is 12.5 Å². The first-order valence-corrected chi connectivity index (χ1v) is 7.51. The van der Waals surface area contributed by atoms with Crippen molar-refractivity contribution in [3.05, 3.63) is 30.1 Å². The Hall–Kier alpha value is -2.28. The molecule has 124 valence electrons. The quantitative estimate of drug-likeness (QED) is 0.734. The largest absolute Gasteiger partial charge is 0.460 e. The summed E-state index contributed by atoms with van der Waals surface area (Å²) < 4.78 is 25.7. The number of hydrogen-bond donors (Lipinski definition) is 0. The van der Waals surface area contributed by atoms with Gasteiger partial charge in [-0.05, 0) is 19.1 Å². The molecular weight excluding hydrogens is 301 g/mol. The van der Waals surface area contributed by atoms with Crippen molar-refractivity contribution in [3.63, 3.8) is 0 Å². The normalized spacial score (nSPS) is 11.0. The molecule has 0 atom stereocenters. The summed E-state index contributed by atoms with van der Waals surface area (Å²) in [6, 6.07) is 6.13. The number of rotatable bonds is 7. The van der Waals surface area contributed by atoms with Crippen molar-refractivity contribution in [1.82, 2.24) is 14.8 Å². The molecule has 0 fully saturated rings. The Morgan fingerprint density at radius 3 is 2.70 bits per heavy atom. The molecule has 1 aromatic heterocycles. The monoisotopic (exact) mass is 321 g/mol. The van der Waals surface area contributed by atoms with E-state index in [0.717, 1.165) is 4.68 Å². The lowest BCUT2D eigenvalue weighted by atomic mass is 10.1. The number of nitrogens with zero attached hydrogens (tertiary/aromatic N) is 3. The molecule has 0 spiro atoms. The van der Waals surface area contributed by atoms with E-state index in [1.165, 1.54) is 6.07 Å². The van der Waals surface area contributed by atoms with E-state index in [-0.39, 0.29) is 35.8 Å². The summed E-state index contributed by atoms with van der Waals surface area (Å²) >= 11 is 0. The fourth-order valence-electron chi connectivity index (χ4n) is 1.91. The van der Waals surface area contributed by atoms with E-state index < -0.39 is 5.82 Å². The van der Waals surface area contributed by atoms with Crippen LogP contribution >= 0.6 is 0 Å². The Morgan fingerprint density at radius 2 is 2.04 bits per heavy atom. The molecular formula is C16H20FN3O3. The summed E-state index contributed by atoms with van der Waals surface area (Å²) in [6.45, 7) is 6.58. The van der Waals surface area contributed by atoms with Crippen LogP contribution in [0.3, 0.4) is 0 Å². The molecule has 23 heavy (non-hydrogen) atoms. The molecule has 2 rings (SSSR count). The molecule has 0 saturated heterocycles.